The average Bonchev–Trinajstić information content (AvgIpc) is 2.73. The van der Waals surface area contributed by atoms with Gasteiger partial charge in [-0.25, -0.2) is 5.84 Å². The van der Waals surface area contributed by atoms with E-state index in [2.05, 4.69) is 11.5 Å². The van der Waals surface area contributed by atoms with Gasteiger partial charge in [-0.15, -0.1) is 0 Å². The molecule has 1 heterocycles. The van der Waals surface area contributed by atoms with Crippen molar-refractivity contribution in [3.63, 3.8) is 0 Å². The standard InChI is InChI=1S/C10H18N4O2/c1-14(6-2-5-11)7-8-3-4-9(16-8)10(15)13-12/h8-9H,2-4,6-7,12H2,1H3,(H,13,15). The van der Waals surface area contributed by atoms with Crippen LogP contribution in [0.4, 0.5) is 0 Å². The summed E-state index contributed by atoms with van der Waals surface area (Å²) >= 11 is 0. The third-order valence-corrected chi connectivity index (χ3v) is 2.66. The highest BCUT2D eigenvalue weighted by Crippen LogP contribution is 2.20. The summed E-state index contributed by atoms with van der Waals surface area (Å²) < 4.78 is 5.55. The zero-order chi connectivity index (χ0) is 12.0. The quantitative estimate of drug-likeness (QED) is 0.370. The number of amides is 1. The number of nitriles is 1. The largest absolute Gasteiger partial charge is 0.364 e. The molecule has 6 nitrogen and oxygen atoms in total. The molecule has 1 fully saturated rings. The van der Waals surface area contributed by atoms with Crippen molar-refractivity contribution in [2.24, 2.45) is 5.84 Å². The maximum Gasteiger partial charge on any atom is 0.263 e. The maximum absolute atomic E-state index is 11.2. The average molecular weight is 226 g/mol. The Morgan fingerprint density at radius 2 is 2.44 bits per heavy atom. The van der Waals surface area contributed by atoms with E-state index in [1.54, 1.807) is 0 Å². The molecule has 6 heteroatoms. The molecule has 90 valence electrons. The molecule has 2 unspecified atom stereocenters. The second-order valence-corrected chi connectivity index (χ2v) is 4.00. The molecule has 1 aliphatic heterocycles. The Hall–Kier alpha value is -1.16. The number of hydrazine groups is 1. The molecule has 0 aromatic carbocycles. The minimum absolute atomic E-state index is 0.0611. The van der Waals surface area contributed by atoms with E-state index in [4.69, 9.17) is 15.8 Å². The molecule has 0 aliphatic carbocycles. The number of carbonyl (C=O) groups is 1. The fourth-order valence-electron chi connectivity index (χ4n) is 1.81. The van der Waals surface area contributed by atoms with Crippen molar-refractivity contribution in [2.45, 2.75) is 31.5 Å². The smallest absolute Gasteiger partial charge is 0.263 e. The predicted molar refractivity (Wildman–Crippen MR) is 58.0 cm³/mol. The lowest BCUT2D eigenvalue weighted by Gasteiger charge is -2.19. The van der Waals surface area contributed by atoms with E-state index in [-0.39, 0.29) is 12.0 Å². The summed E-state index contributed by atoms with van der Waals surface area (Å²) in [6.07, 6.45) is 1.72. The zero-order valence-electron chi connectivity index (χ0n) is 9.48. The third-order valence-electron chi connectivity index (χ3n) is 2.66. The van der Waals surface area contributed by atoms with Crippen LogP contribution in [0, 0.1) is 11.3 Å². The Labute approximate surface area is 95.3 Å². The number of hydrogen-bond acceptors (Lipinski definition) is 5. The predicted octanol–water partition coefficient (Wildman–Crippen LogP) is -0.631. The molecule has 3 N–H and O–H groups in total. The lowest BCUT2D eigenvalue weighted by Crippen LogP contribution is -2.40. The van der Waals surface area contributed by atoms with Crippen molar-refractivity contribution in [3.8, 4) is 6.07 Å². The van der Waals surface area contributed by atoms with Crippen molar-refractivity contribution in [3.05, 3.63) is 0 Å². The van der Waals surface area contributed by atoms with Gasteiger partial charge in [0, 0.05) is 19.5 Å². The lowest BCUT2D eigenvalue weighted by atomic mass is 10.2. The van der Waals surface area contributed by atoms with Gasteiger partial charge in [-0.05, 0) is 19.9 Å². The molecule has 1 rings (SSSR count). The molecule has 0 radical (unpaired) electrons. The molecule has 0 spiro atoms. The first kappa shape index (κ1) is 12.9. The Morgan fingerprint density at radius 3 is 3.06 bits per heavy atom. The van der Waals surface area contributed by atoms with Crippen molar-refractivity contribution >= 4 is 5.91 Å². The van der Waals surface area contributed by atoms with Gasteiger partial charge in [-0.3, -0.25) is 10.2 Å². The van der Waals surface area contributed by atoms with Crippen molar-refractivity contribution in [2.75, 3.05) is 20.1 Å². The first-order chi connectivity index (χ1) is 7.67. The number of likely N-dealkylation sites (N-methyl/N-ethyl adjacent to an activating group) is 1. The molecule has 16 heavy (non-hydrogen) atoms. The van der Waals surface area contributed by atoms with Crippen LogP contribution >= 0.6 is 0 Å². The summed E-state index contributed by atoms with van der Waals surface area (Å²) in [5.41, 5.74) is 2.09. The Kier molecular flexibility index (Phi) is 5.19. The van der Waals surface area contributed by atoms with Gasteiger partial charge >= 0.3 is 0 Å². The van der Waals surface area contributed by atoms with Gasteiger partial charge in [-0.1, -0.05) is 0 Å². The number of carbonyl (C=O) groups excluding carboxylic acids is 1. The topological polar surface area (TPSA) is 91.4 Å². The van der Waals surface area contributed by atoms with Crippen LogP contribution in [0.1, 0.15) is 19.3 Å². The summed E-state index contributed by atoms with van der Waals surface area (Å²) in [7, 11) is 1.94. The van der Waals surface area contributed by atoms with Crippen molar-refractivity contribution in [1.29, 1.82) is 5.26 Å². The summed E-state index contributed by atoms with van der Waals surface area (Å²) in [5.74, 6) is 4.78. The van der Waals surface area contributed by atoms with Gasteiger partial charge in [-0.2, -0.15) is 5.26 Å². The maximum atomic E-state index is 11.2. The minimum atomic E-state index is -0.417. The Balaban J connectivity index is 2.26. The van der Waals surface area contributed by atoms with Crippen LogP contribution in [0.2, 0.25) is 0 Å². The van der Waals surface area contributed by atoms with E-state index in [9.17, 15) is 4.79 Å². The fourth-order valence-corrected chi connectivity index (χ4v) is 1.81. The van der Waals surface area contributed by atoms with E-state index in [0.29, 0.717) is 12.8 Å². The van der Waals surface area contributed by atoms with Crippen LogP contribution in [0.15, 0.2) is 0 Å². The summed E-state index contributed by atoms with van der Waals surface area (Å²) in [6.45, 7) is 1.47. The molecule has 1 amide bonds. The highest BCUT2D eigenvalue weighted by atomic mass is 16.5. The Morgan fingerprint density at radius 1 is 1.69 bits per heavy atom. The number of nitrogens with one attached hydrogen (secondary N) is 1. The number of rotatable bonds is 5. The zero-order valence-corrected chi connectivity index (χ0v) is 9.48. The molecular formula is C10H18N4O2. The molecule has 0 bridgehead atoms. The molecular weight excluding hydrogens is 208 g/mol. The van der Waals surface area contributed by atoms with E-state index in [0.717, 1.165) is 19.5 Å². The second-order valence-electron chi connectivity index (χ2n) is 4.00. The molecule has 1 saturated heterocycles. The lowest BCUT2D eigenvalue weighted by molar-refractivity contribution is -0.132. The van der Waals surface area contributed by atoms with Gasteiger partial charge in [0.05, 0.1) is 12.2 Å². The minimum Gasteiger partial charge on any atom is -0.364 e. The van der Waals surface area contributed by atoms with E-state index in [1.165, 1.54) is 0 Å². The fraction of sp³-hybridized carbons (Fsp3) is 0.800. The highest BCUT2D eigenvalue weighted by molar-refractivity contribution is 5.80. The summed E-state index contributed by atoms with van der Waals surface area (Å²) in [6, 6.07) is 2.10. The molecule has 1 aliphatic rings. The van der Waals surface area contributed by atoms with Gasteiger partial charge in [0.2, 0.25) is 0 Å². The van der Waals surface area contributed by atoms with Crippen LogP contribution in [-0.4, -0.2) is 43.2 Å². The first-order valence-electron chi connectivity index (χ1n) is 5.38. The van der Waals surface area contributed by atoms with Crippen LogP contribution in [0.25, 0.3) is 0 Å². The SMILES string of the molecule is CN(CCC#N)CC1CCC(C(=O)NN)O1. The van der Waals surface area contributed by atoms with Gasteiger partial charge in [0.15, 0.2) is 0 Å². The summed E-state index contributed by atoms with van der Waals surface area (Å²) in [5, 5.41) is 8.45. The van der Waals surface area contributed by atoms with E-state index >= 15 is 0 Å². The molecule has 2 atom stereocenters. The van der Waals surface area contributed by atoms with Gasteiger partial charge in [0.25, 0.3) is 5.91 Å². The van der Waals surface area contributed by atoms with Crippen LogP contribution in [0.5, 0.6) is 0 Å². The third kappa shape index (κ3) is 3.77. The highest BCUT2D eigenvalue weighted by Gasteiger charge is 2.30. The molecule has 0 aromatic rings. The number of hydrogen-bond donors (Lipinski definition) is 2. The summed E-state index contributed by atoms with van der Waals surface area (Å²) in [4.78, 5) is 13.2. The van der Waals surface area contributed by atoms with Crippen molar-refractivity contribution < 1.29 is 9.53 Å². The van der Waals surface area contributed by atoms with Crippen LogP contribution < -0.4 is 11.3 Å². The van der Waals surface area contributed by atoms with Crippen molar-refractivity contribution in [1.82, 2.24) is 10.3 Å². The van der Waals surface area contributed by atoms with E-state index in [1.807, 2.05) is 11.9 Å². The van der Waals surface area contributed by atoms with Crippen LogP contribution in [0.3, 0.4) is 0 Å². The molecule has 0 aromatic heterocycles. The second kappa shape index (κ2) is 6.43. The van der Waals surface area contributed by atoms with Gasteiger partial charge in [0.1, 0.15) is 6.10 Å². The van der Waals surface area contributed by atoms with Crippen LogP contribution in [-0.2, 0) is 9.53 Å². The Bertz CT molecular complexity index is 276. The van der Waals surface area contributed by atoms with Gasteiger partial charge < -0.3 is 9.64 Å². The normalized spacial score (nSPS) is 24.4. The number of nitrogens with two attached hydrogens (primary N) is 1. The molecule has 0 saturated carbocycles. The number of nitrogens with zero attached hydrogens (tertiary/aromatic N) is 2. The first-order valence-corrected chi connectivity index (χ1v) is 5.38. The van der Waals surface area contributed by atoms with E-state index < -0.39 is 6.10 Å². The number of ether oxygens (including phenoxy) is 1. The monoisotopic (exact) mass is 226 g/mol.